The Balaban J connectivity index is 0.000000253. The first-order chi connectivity index (χ1) is 13.8. The van der Waals surface area contributed by atoms with Gasteiger partial charge in [0.2, 0.25) is 11.8 Å². The second kappa shape index (κ2) is 11.9. The van der Waals surface area contributed by atoms with Gasteiger partial charge in [-0.15, -0.1) is 0 Å². The molecule has 29 heavy (non-hydrogen) atoms. The van der Waals surface area contributed by atoms with E-state index in [1.807, 2.05) is 44.2 Å². The lowest BCUT2D eigenvalue weighted by molar-refractivity contribution is -0.129. The number of rotatable bonds is 7. The second-order valence-electron chi connectivity index (χ2n) is 8.75. The van der Waals surface area contributed by atoms with Crippen LogP contribution >= 0.6 is 0 Å². The normalized spacial score (nSPS) is 21.4. The van der Waals surface area contributed by atoms with Crippen LogP contribution in [0.3, 0.4) is 0 Å². The van der Waals surface area contributed by atoms with Crippen LogP contribution in [0.1, 0.15) is 46.1 Å². The molecule has 162 valence electrons. The van der Waals surface area contributed by atoms with Gasteiger partial charge in [-0.25, -0.2) is 0 Å². The molecule has 3 N–H and O–H groups in total. The molecule has 2 atom stereocenters. The number of likely N-dealkylation sites (tertiary alicyclic amines) is 1. The molecule has 0 bridgehead atoms. The third-order valence-electron chi connectivity index (χ3n) is 5.21. The molecular weight excluding hydrogens is 364 g/mol. The lowest BCUT2D eigenvalue weighted by atomic mass is 10.1. The van der Waals surface area contributed by atoms with E-state index in [4.69, 9.17) is 0 Å². The van der Waals surface area contributed by atoms with Gasteiger partial charge in [-0.2, -0.15) is 0 Å². The molecule has 2 unspecified atom stereocenters. The number of nitrogens with zero attached hydrogens (tertiary/aromatic N) is 1. The van der Waals surface area contributed by atoms with E-state index in [0.717, 1.165) is 11.5 Å². The summed E-state index contributed by atoms with van der Waals surface area (Å²) >= 11 is 0. The van der Waals surface area contributed by atoms with Gasteiger partial charge < -0.3 is 20.9 Å². The molecule has 2 amide bonds. The third-order valence-corrected chi connectivity index (χ3v) is 5.21. The summed E-state index contributed by atoms with van der Waals surface area (Å²) in [5.74, 6) is 0.715. The molecule has 2 saturated heterocycles. The van der Waals surface area contributed by atoms with Crippen molar-refractivity contribution in [2.24, 2.45) is 11.8 Å². The van der Waals surface area contributed by atoms with Gasteiger partial charge in [-0.1, -0.05) is 44.2 Å². The summed E-state index contributed by atoms with van der Waals surface area (Å²) in [5.41, 5.74) is 1.10. The van der Waals surface area contributed by atoms with E-state index in [0.29, 0.717) is 25.6 Å². The molecule has 0 aliphatic carbocycles. The predicted molar refractivity (Wildman–Crippen MR) is 117 cm³/mol. The molecule has 1 aromatic carbocycles. The number of nitrogens with one attached hydrogen (secondary N) is 3. The summed E-state index contributed by atoms with van der Waals surface area (Å²) in [6.45, 7) is 13.0. The number of carbonyl (C=O) groups is 2. The van der Waals surface area contributed by atoms with Gasteiger partial charge in [0, 0.05) is 31.6 Å². The molecule has 0 spiro atoms. The van der Waals surface area contributed by atoms with Gasteiger partial charge in [-0.05, 0) is 51.4 Å². The van der Waals surface area contributed by atoms with Crippen molar-refractivity contribution >= 4 is 11.8 Å². The van der Waals surface area contributed by atoms with Crippen LogP contribution in [0, 0.1) is 11.8 Å². The molecule has 2 heterocycles. The number of carbonyl (C=O) groups excluding carboxylic acids is 2. The largest absolute Gasteiger partial charge is 0.354 e. The average Bonchev–Trinajstić information content (AvgIpc) is 3.31. The van der Waals surface area contributed by atoms with Gasteiger partial charge >= 0.3 is 0 Å². The summed E-state index contributed by atoms with van der Waals surface area (Å²) in [6.07, 6.45) is 1.67. The van der Waals surface area contributed by atoms with Crippen LogP contribution in [-0.2, 0) is 16.1 Å². The van der Waals surface area contributed by atoms with Crippen molar-refractivity contribution < 1.29 is 9.59 Å². The maximum atomic E-state index is 11.9. The van der Waals surface area contributed by atoms with Crippen LogP contribution in [0.5, 0.6) is 0 Å². The number of amides is 2. The monoisotopic (exact) mass is 402 g/mol. The average molecular weight is 403 g/mol. The van der Waals surface area contributed by atoms with E-state index < -0.39 is 0 Å². The van der Waals surface area contributed by atoms with Crippen LogP contribution in [0.25, 0.3) is 0 Å². The smallest absolute Gasteiger partial charge is 0.225 e. The lowest BCUT2D eigenvalue weighted by Crippen LogP contribution is -2.36. The number of hydrogen-bond acceptors (Lipinski definition) is 4. The van der Waals surface area contributed by atoms with Crippen molar-refractivity contribution in [3.63, 3.8) is 0 Å². The minimum Gasteiger partial charge on any atom is -0.354 e. The Hall–Kier alpha value is -1.92. The van der Waals surface area contributed by atoms with E-state index in [2.05, 4.69) is 29.8 Å². The fraction of sp³-hybridized carbons (Fsp3) is 0.652. The Labute approximate surface area is 175 Å². The fourth-order valence-corrected chi connectivity index (χ4v) is 3.60. The van der Waals surface area contributed by atoms with E-state index in [1.54, 1.807) is 4.90 Å². The minimum absolute atomic E-state index is 0.0149. The van der Waals surface area contributed by atoms with Crippen molar-refractivity contribution in [3.05, 3.63) is 35.9 Å². The zero-order chi connectivity index (χ0) is 21.2. The minimum atomic E-state index is -0.210. The van der Waals surface area contributed by atoms with Crippen LogP contribution in [0.15, 0.2) is 30.3 Å². The standard InChI is InChI=1S/C15H20N2O2.C8H18N2/c1-11(2)16-15(19)13-8-14(18)17(10-13)9-12-6-4-3-5-7-12;1-7(2)10-6-8-3-4-9-5-8/h3-7,11,13H,8-10H2,1-2H3,(H,16,19);7-10H,3-6H2,1-2H3. The summed E-state index contributed by atoms with van der Waals surface area (Å²) < 4.78 is 0. The van der Waals surface area contributed by atoms with Gasteiger partial charge in [0.05, 0.1) is 5.92 Å². The first-order valence-corrected chi connectivity index (χ1v) is 10.9. The highest BCUT2D eigenvalue weighted by Crippen LogP contribution is 2.20. The summed E-state index contributed by atoms with van der Waals surface area (Å²) in [5, 5.41) is 9.68. The SMILES string of the molecule is CC(C)NC(=O)C1CC(=O)N(Cc2ccccc2)C1.CC(C)NCC1CCNC1. The topological polar surface area (TPSA) is 73.5 Å². The summed E-state index contributed by atoms with van der Waals surface area (Å²) in [6, 6.07) is 10.6. The molecule has 2 fully saturated rings. The zero-order valence-corrected chi connectivity index (χ0v) is 18.4. The fourth-order valence-electron chi connectivity index (χ4n) is 3.60. The van der Waals surface area contributed by atoms with Crippen LogP contribution < -0.4 is 16.0 Å². The Morgan fingerprint density at radius 3 is 2.48 bits per heavy atom. The molecule has 1 aromatic rings. The Bertz CT molecular complexity index is 627. The molecular formula is C23H38N4O2. The van der Waals surface area contributed by atoms with Gasteiger partial charge in [0.15, 0.2) is 0 Å². The van der Waals surface area contributed by atoms with Crippen molar-refractivity contribution in [1.29, 1.82) is 0 Å². The van der Waals surface area contributed by atoms with Crippen LogP contribution in [0.4, 0.5) is 0 Å². The zero-order valence-electron chi connectivity index (χ0n) is 18.4. The number of benzene rings is 1. The molecule has 6 nitrogen and oxygen atoms in total. The highest BCUT2D eigenvalue weighted by molar-refractivity contribution is 5.89. The van der Waals surface area contributed by atoms with Crippen LogP contribution in [-0.4, -0.2) is 55.0 Å². The van der Waals surface area contributed by atoms with Crippen molar-refractivity contribution in [3.8, 4) is 0 Å². The van der Waals surface area contributed by atoms with Crippen molar-refractivity contribution in [2.45, 2.75) is 59.2 Å². The summed E-state index contributed by atoms with van der Waals surface area (Å²) in [7, 11) is 0. The van der Waals surface area contributed by atoms with Crippen molar-refractivity contribution in [2.75, 3.05) is 26.2 Å². The van der Waals surface area contributed by atoms with Gasteiger partial charge in [0.25, 0.3) is 0 Å². The Morgan fingerprint density at radius 2 is 1.90 bits per heavy atom. The molecule has 3 rings (SSSR count). The van der Waals surface area contributed by atoms with E-state index in [9.17, 15) is 9.59 Å². The van der Waals surface area contributed by atoms with E-state index in [-0.39, 0.29) is 23.8 Å². The molecule has 0 radical (unpaired) electrons. The first-order valence-electron chi connectivity index (χ1n) is 10.9. The molecule has 0 saturated carbocycles. The lowest BCUT2D eigenvalue weighted by Gasteiger charge is -2.17. The maximum absolute atomic E-state index is 11.9. The quantitative estimate of drug-likeness (QED) is 0.653. The van der Waals surface area contributed by atoms with Gasteiger partial charge in [-0.3, -0.25) is 9.59 Å². The highest BCUT2D eigenvalue weighted by atomic mass is 16.2. The predicted octanol–water partition coefficient (Wildman–Crippen LogP) is 2.15. The van der Waals surface area contributed by atoms with E-state index >= 15 is 0 Å². The third kappa shape index (κ3) is 8.54. The van der Waals surface area contributed by atoms with Gasteiger partial charge in [0.1, 0.15) is 0 Å². The summed E-state index contributed by atoms with van der Waals surface area (Å²) in [4.78, 5) is 25.6. The highest BCUT2D eigenvalue weighted by Gasteiger charge is 2.34. The number of hydrogen-bond donors (Lipinski definition) is 3. The maximum Gasteiger partial charge on any atom is 0.225 e. The first kappa shape index (κ1) is 23.4. The second-order valence-corrected chi connectivity index (χ2v) is 8.75. The molecule has 2 aliphatic rings. The molecule has 0 aromatic heterocycles. The Morgan fingerprint density at radius 1 is 1.17 bits per heavy atom. The Kier molecular flexibility index (Phi) is 9.61. The van der Waals surface area contributed by atoms with Crippen LogP contribution in [0.2, 0.25) is 0 Å². The van der Waals surface area contributed by atoms with E-state index in [1.165, 1.54) is 26.1 Å². The molecule has 6 heteroatoms. The van der Waals surface area contributed by atoms with Crippen molar-refractivity contribution in [1.82, 2.24) is 20.9 Å². The molecule has 2 aliphatic heterocycles.